The molecule has 8 nitrogen and oxygen atoms in total. The first-order valence-electron chi connectivity index (χ1n) is 12.9. The van der Waals surface area contributed by atoms with E-state index >= 15 is 0 Å². The Morgan fingerprint density at radius 2 is 1.47 bits per heavy atom. The molecule has 1 unspecified atom stereocenters. The molecule has 1 aliphatic heterocycles. The summed E-state index contributed by atoms with van der Waals surface area (Å²) in [6.45, 7) is 10.5. The Balaban J connectivity index is 1.44. The molecule has 0 saturated carbocycles. The quantitative estimate of drug-likeness (QED) is 0.256. The number of nitrogens with two attached hydrogens (primary N) is 1. The Labute approximate surface area is 224 Å². The molecule has 1 atom stereocenters. The molecule has 3 aromatic rings. The fraction of sp³-hybridized carbons (Fsp3) is 0.267. The van der Waals surface area contributed by atoms with Gasteiger partial charge in [0.15, 0.2) is 0 Å². The summed E-state index contributed by atoms with van der Waals surface area (Å²) in [6.07, 6.45) is 1.47. The number of benzene rings is 3. The Bertz CT molecular complexity index is 1210. The molecule has 0 spiro atoms. The molecule has 0 bridgehead atoms. The lowest BCUT2D eigenvalue weighted by Crippen LogP contribution is -2.50. The number of hydrazine groups is 1. The second-order valence-corrected chi connectivity index (χ2v) is 9.54. The zero-order valence-corrected chi connectivity index (χ0v) is 22.0. The van der Waals surface area contributed by atoms with E-state index in [1.165, 1.54) is 16.1 Å². The number of hydrogen-bond acceptors (Lipinski definition) is 5. The van der Waals surface area contributed by atoms with Crippen LogP contribution in [0.2, 0.25) is 0 Å². The van der Waals surface area contributed by atoms with Crippen LogP contribution in [0.5, 0.6) is 0 Å². The van der Waals surface area contributed by atoms with E-state index in [-0.39, 0.29) is 24.0 Å². The minimum absolute atomic E-state index is 0.0373. The molecule has 1 aliphatic rings. The summed E-state index contributed by atoms with van der Waals surface area (Å²) in [6, 6.07) is 26.4. The zero-order valence-electron chi connectivity index (χ0n) is 22.0. The van der Waals surface area contributed by atoms with Crippen LogP contribution in [0.4, 0.5) is 21.9 Å². The van der Waals surface area contributed by atoms with Gasteiger partial charge in [0.2, 0.25) is 5.91 Å². The topological polar surface area (TPSA) is 85.2 Å². The highest BCUT2D eigenvalue weighted by Crippen LogP contribution is 2.27. The van der Waals surface area contributed by atoms with Crippen LogP contribution in [0.15, 0.2) is 97.7 Å². The van der Waals surface area contributed by atoms with Crippen LogP contribution in [-0.2, 0) is 4.79 Å². The maximum Gasteiger partial charge on any atom is 0.342 e. The van der Waals surface area contributed by atoms with E-state index in [1.54, 1.807) is 0 Å². The third-order valence-electron chi connectivity index (χ3n) is 6.74. The van der Waals surface area contributed by atoms with Crippen LogP contribution >= 0.6 is 0 Å². The third-order valence-corrected chi connectivity index (χ3v) is 6.74. The van der Waals surface area contributed by atoms with Crippen molar-refractivity contribution in [1.29, 1.82) is 0 Å². The Hall–Kier alpha value is -4.14. The predicted octanol–water partition coefficient (Wildman–Crippen LogP) is 4.84. The molecular weight excluding hydrogens is 476 g/mol. The SMILES string of the molecule is C=CN(C(=O)N(N)C(C)C)c1ccc(N2CCN(C(C(=O)Nc3ccccc3)c3ccccc3)CC2)cc1. The standard InChI is InChI=1S/C30H36N6O2/c1-4-35(30(38)36(31)23(2)3)27-17-15-26(16-18-27)33-19-21-34(22-20-33)28(24-11-7-5-8-12-24)29(37)32-25-13-9-6-10-14-25/h4-18,23,28H,1,19-22,31H2,2-3H3,(H,32,37). The predicted molar refractivity (Wildman–Crippen MR) is 154 cm³/mol. The molecule has 4 rings (SSSR count). The van der Waals surface area contributed by atoms with E-state index in [0.29, 0.717) is 5.69 Å². The molecule has 1 fully saturated rings. The van der Waals surface area contributed by atoms with Gasteiger partial charge in [0, 0.05) is 49.8 Å². The molecular formula is C30H36N6O2. The minimum Gasteiger partial charge on any atom is -0.369 e. The molecule has 8 heteroatoms. The lowest BCUT2D eigenvalue weighted by molar-refractivity contribution is -0.121. The van der Waals surface area contributed by atoms with Crippen molar-refractivity contribution in [2.24, 2.45) is 5.84 Å². The number of para-hydroxylation sites is 1. The highest BCUT2D eigenvalue weighted by Gasteiger charge is 2.31. The summed E-state index contributed by atoms with van der Waals surface area (Å²) in [5.74, 6) is 5.88. The summed E-state index contributed by atoms with van der Waals surface area (Å²) >= 11 is 0. The van der Waals surface area contributed by atoms with Gasteiger partial charge in [-0.15, -0.1) is 0 Å². The fourth-order valence-corrected chi connectivity index (χ4v) is 4.60. The smallest absolute Gasteiger partial charge is 0.342 e. The lowest BCUT2D eigenvalue weighted by atomic mass is 10.0. The number of anilines is 3. The van der Waals surface area contributed by atoms with Gasteiger partial charge in [0.1, 0.15) is 6.04 Å². The maximum atomic E-state index is 13.4. The van der Waals surface area contributed by atoms with Crippen LogP contribution in [0, 0.1) is 0 Å². The van der Waals surface area contributed by atoms with E-state index in [2.05, 4.69) is 21.7 Å². The van der Waals surface area contributed by atoms with E-state index in [0.717, 1.165) is 43.1 Å². The average molecular weight is 513 g/mol. The van der Waals surface area contributed by atoms with Gasteiger partial charge in [-0.1, -0.05) is 55.1 Å². The number of carbonyl (C=O) groups excluding carboxylic acids is 2. The largest absolute Gasteiger partial charge is 0.369 e. The summed E-state index contributed by atoms with van der Waals surface area (Å²) in [5.41, 5.74) is 3.52. The van der Waals surface area contributed by atoms with Crippen molar-refractivity contribution in [1.82, 2.24) is 9.91 Å². The van der Waals surface area contributed by atoms with Gasteiger partial charge in [-0.05, 0) is 55.8 Å². The lowest BCUT2D eigenvalue weighted by Gasteiger charge is -2.40. The fourth-order valence-electron chi connectivity index (χ4n) is 4.60. The summed E-state index contributed by atoms with van der Waals surface area (Å²) in [7, 11) is 0. The molecule has 3 N–H and O–H groups in total. The Morgan fingerprint density at radius 1 is 0.895 bits per heavy atom. The first-order valence-corrected chi connectivity index (χ1v) is 12.9. The number of hydrogen-bond donors (Lipinski definition) is 2. The van der Waals surface area contributed by atoms with Crippen molar-refractivity contribution in [3.63, 3.8) is 0 Å². The van der Waals surface area contributed by atoms with Gasteiger partial charge in [0.25, 0.3) is 0 Å². The molecule has 3 aromatic carbocycles. The van der Waals surface area contributed by atoms with Gasteiger partial charge in [0.05, 0.1) is 5.69 Å². The van der Waals surface area contributed by atoms with Crippen molar-refractivity contribution in [2.45, 2.75) is 25.9 Å². The number of nitrogens with one attached hydrogen (secondary N) is 1. The van der Waals surface area contributed by atoms with E-state index in [4.69, 9.17) is 5.84 Å². The molecule has 198 valence electrons. The van der Waals surface area contributed by atoms with E-state index in [1.807, 2.05) is 98.8 Å². The number of carbonyl (C=O) groups is 2. The molecule has 1 heterocycles. The number of rotatable bonds is 8. The Morgan fingerprint density at radius 3 is 2.03 bits per heavy atom. The van der Waals surface area contributed by atoms with Crippen LogP contribution < -0.4 is 21.0 Å². The first kappa shape index (κ1) is 26.9. The molecule has 1 saturated heterocycles. The number of urea groups is 1. The van der Waals surface area contributed by atoms with Gasteiger partial charge < -0.3 is 10.2 Å². The van der Waals surface area contributed by atoms with E-state index in [9.17, 15) is 9.59 Å². The molecule has 3 amide bonds. The van der Waals surface area contributed by atoms with Crippen molar-refractivity contribution < 1.29 is 9.59 Å². The van der Waals surface area contributed by atoms with Gasteiger partial charge in [-0.3, -0.25) is 19.6 Å². The maximum absolute atomic E-state index is 13.4. The minimum atomic E-state index is -0.381. The monoisotopic (exact) mass is 512 g/mol. The average Bonchev–Trinajstić information content (AvgIpc) is 2.95. The van der Waals surface area contributed by atoms with Crippen LogP contribution in [0.3, 0.4) is 0 Å². The summed E-state index contributed by atoms with van der Waals surface area (Å²) < 4.78 is 0. The number of nitrogens with zero attached hydrogens (tertiary/aromatic N) is 4. The summed E-state index contributed by atoms with van der Waals surface area (Å²) in [5, 5.41) is 4.27. The van der Waals surface area contributed by atoms with Crippen molar-refractivity contribution in [3.8, 4) is 0 Å². The summed E-state index contributed by atoms with van der Waals surface area (Å²) in [4.78, 5) is 32.1. The highest BCUT2D eigenvalue weighted by molar-refractivity contribution is 5.95. The van der Waals surface area contributed by atoms with Crippen LogP contribution in [0.1, 0.15) is 25.5 Å². The van der Waals surface area contributed by atoms with Gasteiger partial charge in [-0.25, -0.2) is 10.6 Å². The zero-order chi connectivity index (χ0) is 27.1. The van der Waals surface area contributed by atoms with Crippen molar-refractivity contribution >= 4 is 29.0 Å². The Kier molecular flexibility index (Phi) is 8.78. The molecule has 38 heavy (non-hydrogen) atoms. The molecule has 0 aromatic heterocycles. The third kappa shape index (κ3) is 6.22. The second kappa shape index (κ2) is 12.4. The van der Waals surface area contributed by atoms with Crippen molar-refractivity contribution in [2.75, 3.05) is 41.3 Å². The van der Waals surface area contributed by atoms with Gasteiger partial charge in [-0.2, -0.15) is 0 Å². The van der Waals surface area contributed by atoms with Crippen LogP contribution in [-0.4, -0.2) is 54.1 Å². The van der Waals surface area contributed by atoms with Crippen LogP contribution in [0.25, 0.3) is 0 Å². The first-order chi connectivity index (χ1) is 18.4. The highest BCUT2D eigenvalue weighted by atomic mass is 16.2. The van der Waals surface area contributed by atoms with Crippen molar-refractivity contribution in [3.05, 3.63) is 103 Å². The second-order valence-electron chi connectivity index (χ2n) is 9.54. The number of amides is 3. The molecule has 0 aliphatic carbocycles. The molecule has 0 radical (unpaired) electrons. The number of piperazine rings is 1. The van der Waals surface area contributed by atoms with E-state index < -0.39 is 0 Å². The normalized spacial score (nSPS) is 14.6. The van der Waals surface area contributed by atoms with Gasteiger partial charge >= 0.3 is 6.03 Å².